The summed E-state index contributed by atoms with van der Waals surface area (Å²) in [6.07, 6.45) is 0. The Morgan fingerprint density at radius 1 is 1.50 bits per heavy atom. The Kier molecular flexibility index (Phi) is 4.98. The Morgan fingerprint density at radius 2 is 2.20 bits per heavy atom. The minimum Gasteiger partial charge on any atom is -0.387 e. The van der Waals surface area contributed by atoms with Gasteiger partial charge >= 0.3 is 0 Å². The lowest BCUT2D eigenvalue weighted by Gasteiger charge is -2.34. The predicted octanol–water partition coefficient (Wildman–Crippen LogP) is 0.207. The number of ether oxygens (including phenoxy) is 1. The summed E-state index contributed by atoms with van der Waals surface area (Å²) < 4.78 is 5.29. The van der Waals surface area contributed by atoms with Crippen LogP contribution in [-0.4, -0.2) is 65.0 Å². The van der Waals surface area contributed by atoms with E-state index in [1.54, 1.807) is 13.0 Å². The molecule has 1 atom stereocenters. The maximum atomic E-state index is 10.4. The molecule has 0 aliphatic carbocycles. The third-order valence-corrected chi connectivity index (χ3v) is 3.22. The van der Waals surface area contributed by atoms with Crippen molar-refractivity contribution in [1.29, 1.82) is 0 Å². The number of morpholine rings is 1. The number of nitrogens with zero attached hydrogens (tertiary/aromatic N) is 3. The predicted molar refractivity (Wildman–Crippen MR) is 77.8 cm³/mol. The molecule has 0 saturated carbocycles. The van der Waals surface area contributed by atoms with Gasteiger partial charge in [-0.3, -0.25) is 4.90 Å². The smallest absolute Gasteiger partial charge is 0.223 e. The molecule has 1 unspecified atom stereocenters. The second kappa shape index (κ2) is 6.53. The Hall–Kier alpha value is -1.15. The molecule has 1 aromatic rings. The Bertz CT molecular complexity index is 431. The highest BCUT2D eigenvalue weighted by Gasteiger charge is 2.25. The van der Waals surface area contributed by atoms with E-state index in [0.29, 0.717) is 32.1 Å². The van der Waals surface area contributed by atoms with Gasteiger partial charge in [-0.2, -0.15) is 4.98 Å². The van der Waals surface area contributed by atoms with E-state index < -0.39 is 5.60 Å². The molecule has 4 N–H and O–H groups in total. The van der Waals surface area contributed by atoms with E-state index >= 15 is 0 Å². The highest BCUT2D eigenvalue weighted by Crippen LogP contribution is 2.14. The lowest BCUT2D eigenvalue weighted by atomic mass is 10.1. The van der Waals surface area contributed by atoms with Crippen molar-refractivity contribution in [2.75, 3.05) is 50.4 Å². The van der Waals surface area contributed by atoms with E-state index in [0.717, 1.165) is 13.1 Å². The molecule has 0 aromatic carbocycles. The molecular weight excluding hydrogens is 282 g/mol. The zero-order chi connectivity index (χ0) is 14.6. The van der Waals surface area contributed by atoms with Crippen molar-refractivity contribution < 1.29 is 9.84 Å². The van der Waals surface area contributed by atoms with Crippen molar-refractivity contribution in [2.24, 2.45) is 0 Å². The molecule has 1 aliphatic heterocycles. The summed E-state index contributed by atoms with van der Waals surface area (Å²) in [5.74, 6) is 0.609. The van der Waals surface area contributed by atoms with Gasteiger partial charge in [-0.1, -0.05) is 11.6 Å². The van der Waals surface area contributed by atoms with Crippen LogP contribution in [0, 0.1) is 0 Å². The largest absolute Gasteiger partial charge is 0.387 e. The topological polar surface area (TPSA) is 96.5 Å². The van der Waals surface area contributed by atoms with Crippen LogP contribution in [0.2, 0.25) is 5.15 Å². The van der Waals surface area contributed by atoms with Gasteiger partial charge in [-0.25, -0.2) is 4.98 Å². The molecule has 20 heavy (non-hydrogen) atoms. The lowest BCUT2D eigenvalue weighted by Crippen LogP contribution is -2.49. The van der Waals surface area contributed by atoms with Crippen LogP contribution in [0.3, 0.4) is 0 Å². The molecule has 1 fully saturated rings. The Labute approximate surface area is 123 Å². The van der Waals surface area contributed by atoms with Crippen molar-refractivity contribution in [3.63, 3.8) is 0 Å². The number of aliphatic hydroxyl groups is 1. The van der Waals surface area contributed by atoms with Crippen LogP contribution in [0.4, 0.5) is 11.8 Å². The van der Waals surface area contributed by atoms with Crippen molar-refractivity contribution in [2.45, 2.75) is 12.5 Å². The van der Waals surface area contributed by atoms with Gasteiger partial charge in [0.05, 0.1) is 18.8 Å². The first kappa shape index (κ1) is 15.2. The van der Waals surface area contributed by atoms with Gasteiger partial charge in [0.1, 0.15) is 11.0 Å². The molecule has 2 heterocycles. The standard InChI is InChI=1S/C12H20ClN5O2/c1-12(19,8-18-2-4-20-5-3-18)7-15-10-6-9(13)16-11(14)17-10/h6,19H,2-5,7-8H2,1H3,(H3,14,15,16,17). The average Bonchev–Trinajstić information content (AvgIpc) is 2.36. The monoisotopic (exact) mass is 301 g/mol. The first-order valence-electron chi connectivity index (χ1n) is 6.51. The summed E-state index contributed by atoms with van der Waals surface area (Å²) in [6, 6.07) is 1.57. The molecule has 1 aliphatic rings. The minimum absolute atomic E-state index is 0.104. The molecule has 0 spiro atoms. The van der Waals surface area contributed by atoms with Crippen LogP contribution in [0.25, 0.3) is 0 Å². The highest BCUT2D eigenvalue weighted by atomic mass is 35.5. The SMILES string of the molecule is CC(O)(CNc1cc(Cl)nc(N)n1)CN1CCOCC1. The van der Waals surface area contributed by atoms with Crippen LogP contribution >= 0.6 is 11.6 Å². The molecule has 7 nitrogen and oxygen atoms in total. The third-order valence-electron chi connectivity index (χ3n) is 3.03. The van der Waals surface area contributed by atoms with E-state index in [-0.39, 0.29) is 11.1 Å². The van der Waals surface area contributed by atoms with E-state index in [4.69, 9.17) is 22.1 Å². The van der Waals surface area contributed by atoms with E-state index in [1.807, 2.05) is 0 Å². The van der Waals surface area contributed by atoms with Gasteiger partial charge in [-0.15, -0.1) is 0 Å². The summed E-state index contributed by atoms with van der Waals surface area (Å²) in [6.45, 7) is 5.78. The first-order chi connectivity index (χ1) is 9.44. The maximum Gasteiger partial charge on any atom is 0.223 e. The number of nitrogen functional groups attached to an aromatic ring is 1. The number of nitrogens with two attached hydrogens (primary N) is 1. The summed E-state index contributed by atoms with van der Waals surface area (Å²) >= 11 is 5.80. The van der Waals surface area contributed by atoms with Gasteiger partial charge in [0.15, 0.2) is 0 Å². The number of nitrogens with one attached hydrogen (secondary N) is 1. The molecule has 112 valence electrons. The van der Waals surface area contributed by atoms with Crippen molar-refractivity contribution in [1.82, 2.24) is 14.9 Å². The van der Waals surface area contributed by atoms with Gasteiger partial charge in [0.2, 0.25) is 5.95 Å². The van der Waals surface area contributed by atoms with Crippen molar-refractivity contribution >= 4 is 23.4 Å². The fourth-order valence-electron chi connectivity index (χ4n) is 2.10. The minimum atomic E-state index is -0.885. The molecule has 0 bridgehead atoms. The highest BCUT2D eigenvalue weighted by molar-refractivity contribution is 6.29. The molecule has 8 heteroatoms. The Morgan fingerprint density at radius 3 is 2.85 bits per heavy atom. The molecule has 1 saturated heterocycles. The van der Waals surface area contributed by atoms with Crippen molar-refractivity contribution in [3.8, 4) is 0 Å². The number of halogens is 1. The normalized spacial score (nSPS) is 19.6. The average molecular weight is 302 g/mol. The van der Waals surface area contributed by atoms with Gasteiger partial charge in [-0.05, 0) is 6.92 Å². The molecular formula is C12H20ClN5O2. The zero-order valence-corrected chi connectivity index (χ0v) is 12.2. The van der Waals surface area contributed by atoms with E-state index in [2.05, 4.69) is 20.2 Å². The molecule has 2 rings (SSSR count). The number of hydrogen-bond donors (Lipinski definition) is 3. The summed E-state index contributed by atoms with van der Waals surface area (Å²) in [7, 11) is 0. The second-order valence-corrected chi connectivity index (χ2v) is 5.56. The molecule has 0 amide bonds. The van der Waals surface area contributed by atoms with Gasteiger partial charge in [0.25, 0.3) is 0 Å². The number of β-amino-alcohol motifs (C(OH)–C–C–N with tert-alkyl or cyclic N) is 1. The summed E-state index contributed by atoms with van der Waals surface area (Å²) in [5, 5.41) is 13.7. The number of aromatic nitrogens is 2. The van der Waals surface area contributed by atoms with Gasteiger partial charge in [0, 0.05) is 32.2 Å². The van der Waals surface area contributed by atoms with E-state index in [9.17, 15) is 5.11 Å². The number of rotatable bonds is 5. The number of anilines is 2. The number of hydrogen-bond acceptors (Lipinski definition) is 7. The van der Waals surface area contributed by atoms with Crippen LogP contribution in [0.5, 0.6) is 0 Å². The fraction of sp³-hybridized carbons (Fsp3) is 0.667. The third kappa shape index (κ3) is 4.75. The lowest BCUT2D eigenvalue weighted by molar-refractivity contribution is -0.0164. The summed E-state index contributed by atoms with van der Waals surface area (Å²) in [4.78, 5) is 9.96. The first-order valence-corrected chi connectivity index (χ1v) is 6.89. The van der Waals surface area contributed by atoms with Gasteiger partial charge < -0.3 is 20.9 Å². The van der Waals surface area contributed by atoms with Crippen LogP contribution in [-0.2, 0) is 4.74 Å². The Balaban J connectivity index is 1.87. The quantitative estimate of drug-likeness (QED) is 0.669. The molecule has 1 aromatic heterocycles. The van der Waals surface area contributed by atoms with E-state index in [1.165, 1.54) is 0 Å². The fourth-order valence-corrected chi connectivity index (χ4v) is 2.29. The van der Waals surface area contributed by atoms with Crippen LogP contribution in [0.1, 0.15) is 6.92 Å². The van der Waals surface area contributed by atoms with Crippen LogP contribution in [0.15, 0.2) is 6.07 Å². The summed E-state index contributed by atoms with van der Waals surface area (Å²) in [5.41, 5.74) is 4.63. The molecule has 0 radical (unpaired) electrons. The van der Waals surface area contributed by atoms with Crippen LogP contribution < -0.4 is 11.1 Å². The zero-order valence-electron chi connectivity index (χ0n) is 11.5. The van der Waals surface area contributed by atoms with Crippen molar-refractivity contribution in [3.05, 3.63) is 11.2 Å². The second-order valence-electron chi connectivity index (χ2n) is 5.17. The maximum absolute atomic E-state index is 10.4.